The summed E-state index contributed by atoms with van der Waals surface area (Å²) in [6.45, 7) is 4.24. The number of nitrogens with zero attached hydrogens (tertiary/aromatic N) is 1. The summed E-state index contributed by atoms with van der Waals surface area (Å²) in [5.74, 6) is 0.630. The van der Waals surface area contributed by atoms with Gasteiger partial charge in [0.15, 0.2) is 0 Å². The molecule has 0 radical (unpaired) electrons. The summed E-state index contributed by atoms with van der Waals surface area (Å²) in [5.41, 5.74) is 2.17. The van der Waals surface area contributed by atoms with Gasteiger partial charge in [0.1, 0.15) is 6.04 Å². The van der Waals surface area contributed by atoms with Gasteiger partial charge >= 0.3 is 6.09 Å². The van der Waals surface area contributed by atoms with Crippen LogP contribution >= 0.6 is 11.8 Å². The second kappa shape index (κ2) is 12.0. The second-order valence-corrected chi connectivity index (χ2v) is 7.87. The minimum atomic E-state index is -1.20. The molecule has 2 amide bonds. The van der Waals surface area contributed by atoms with Crippen molar-refractivity contribution in [1.29, 1.82) is 0 Å². The van der Waals surface area contributed by atoms with Crippen molar-refractivity contribution in [3.05, 3.63) is 78.4 Å². The minimum Gasteiger partial charge on any atom is -0.465 e. The van der Waals surface area contributed by atoms with E-state index in [1.54, 1.807) is 23.7 Å². The number of hydrogen-bond donors (Lipinski definition) is 2. The molecule has 0 heterocycles. The quantitative estimate of drug-likeness (QED) is 0.322. The highest BCUT2D eigenvalue weighted by molar-refractivity contribution is 7.98. The lowest BCUT2D eigenvalue weighted by atomic mass is 10.0. The van der Waals surface area contributed by atoms with Crippen LogP contribution in [0.4, 0.5) is 4.79 Å². The van der Waals surface area contributed by atoms with Gasteiger partial charge in [0.05, 0.1) is 0 Å². The number of benzene rings is 2. The Morgan fingerprint density at radius 2 is 1.90 bits per heavy atom. The first kappa shape index (κ1) is 22.6. The molecule has 6 heteroatoms. The molecule has 1 atom stereocenters. The molecule has 0 aliphatic carbocycles. The smallest absolute Gasteiger partial charge is 0.405 e. The Labute approximate surface area is 176 Å². The number of likely N-dealkylation sites (N-methyl/N-ethyl adjacent to an activating group) is 1. The van der Waals surface area contributed by atoms with E-state index >= 15 is 0 Å². The first-order chi connectivity index (χ1) is 14.0. The molecule has 154 valence electrons. The number of unbranched alkanes of at least 4 members (excludes halogenated alkanes) is 1. The molecule has 2 N–H and O–H groups in total. The number of allylic oxidation sites excluding steroid dienone is 1. The third-order valence-corrected chi connectivity index (χ3v) is 5.53. The normalized spacial score (nSPS) is 11.5. The Morgan fingerprint density at radius 1 is 1.17 bits per heavy atom. The number of amides is 2. The Kier molecular flexibility index (Phi) is 9.31. The molecule has 0 aliphatic heterocycles. The summed E-state index contributed by atoms with van der Waals surface area (Å²) >= 11 is 1.72. The van der Waals surface area contributed by atoms with Crippen LogP contribution in [0.25, 0.3) is 0 Å². The summed E-state index contributed by atoms with van der Waals surface area (Å²) in [5, 5.41) is 11.5. The van der Waals surface area contributed by atoms with E-state index in [4.69, 9.17) is 0 Å². The van der Waals surface area contributed by atoms with Gasteiger partial charge in [0.25, 0.3) is 0 Å². The van der Waals surface area contributed by atoms with Gasteiger partial charge in [-0.2, -0.15) is 0 Å². The Morgan fingerprint density at radius 3 is 2.59 bits per heavy atom. The van der Waals surface area contributed by atoms with E-state index < -0.39 is 12.1 Å². The topological polar surface area (TPSA) is 69.6 Å². The van der Waals surface area contributed by atoms with E-state index in [1.165, 1.54) is 5.56 Å². The van der Waals surface area contributed by atoms with Crippen molar-refractivity contribution >= 4 is 23.8 Å². The van der Waals surface area contributed by atoms with Crippen molar-refractivity contribution in [2.45, 2.75) is 36.0 Å². The van der Waals surface area contributed by atoms with Crippen LogP contribution < -0.4 is 5.32 Å². The minimum absolute atomic E-state index is 0.223. The van der Waals surface area contributed by atoms with Crippen molar-refractivity contribution < 1.29 is 14.7 Å². The average Bonchev–Trinajstić information content (AvgIpc) is 2.72. The predicted octanol–water partition coefficient (Wildman–Crippen LogP) is 4.58. The van der Waals surface area contributed by atoms with Crippen LogP contribution in [0.15, 0.2) is 72.1 Å². The number of carboxylic acid groups (broad SMARTS) is 1. The van der Waals surface area contributed by atoms with E-state index in [1.807, 2.05) is 48.5 Å². The van der Waals surface area contributed by atoms with Crippen LogP contribution in [0, 0.1) is 0 Å². The van der Waals surface area contributed by atoms with Gasteiger partial charge in [-0.25, -0.2) is 4.79 Å². The van der Waals surface area contributed by atoms with Crippen LogP contribution in [-0.4, -0.2) is 41.6 Å². The van der Waals surface area contributed by atoms with Gasteiger partial charge in [-0.15, -0.1) is 18.3 Å². The Bertz CT molecular complexity index is 811. The molecule has 29 heavy (non-hydrogen) atoms. The van der Waals surface area contributed by atoms with Gasteiger partial charge in [0, 0.05) is 30.7 Å². The summed E-state index contributed by atoms with van der Waals surface area (Å²) in [7, 11) is 1.70. The second-order valence-electron chi connectivity index (χ2n) is 6.82. The zero-order valence-corrected chi connectivity index (χ0v) is 17.5. The Balaban J connectivity index is 2.03. The maximum absolute atomic E-state index is 12.7. The van der Waals surface area contributed by atoms with Gasteiger partial charge < -0.3 is 15.3 Å². The van der Waals surface area contributed by atoms with Crippen LogP contribution in [0.5, 0.6) is 0 Å². The maximum atomic E-state index is 12.7. The molecule has 0 spiro atoms. The summed E-state index contributed by atoms with van der Waals surface area (Å²) in [4.78, 5) is 26.6. The van der Waals surface area contributed by atoms with Crippen LogP contribution in [-0.2, 0) is 17.0 Å². The summed E-state index contributed by atoms with van der Waals surface area (Å²) in [6.07, 6.45) is 2.55. The molecular weight excluding hydrogens is 384 g/mol. The number of nitrogens with one attached hydrogen (secondary N) is 1. The van der Waals surface area contributed by atoms with Crippen molar-refractivity contribution in [1.82, 2.24) is 10.2 Å². The summed E-state index contributed by atoms with van der Waals surface area (Å²) < 4.78 is 0. The van der Waals surface area contributed by atoms with Gasteiger partial charge in [-0.1, -0.05) is 48.5 Å². The molecule has 0 bridgehead atoms. The van der Waals surface area contributed by atoms with E-state index in [9.17, 15) is 14.7 Å². The molecule has 0 unspecified atom stereocenters. The third-order valence-electron chi connectivity index (χ3n) is 4.46. The summed E-state index contributed by atoms with van der Waals surface area (Å²) in [6, 6.07) is 17.3. The first-order valence-corrected chi connectivity index (χ1v) is 10.6. The van der Waals surface area contributed by atoms with Gasteiger partial charge in [0.2, 0.25) is 5.91 Å². The highest BCUT2D eigenvalue weighted by atomic mass is 32.2. The molecule has 0 aliphatic rings. The number of carbonyl (C=O) groups is 2. The number of rotatable bonds is 11. The molecule has 0 aromatic heterocycles. The fourth-order valence-corrected chi connectivity index (χ4v) is 3.87. The molecule has 5 nitrogen and oxygen atoms in total. The largest absolute Gasteiger partial charge is 0.465 e. The molecule has 0 saturated heterocycles. The Hall–Kier alpha value is -2.73. The fourth-order valence-electron chi connectivity index (χ4n) is 2.94. The average molecular weight is 413 g/mol. The van der Waals surface area contributed by atoms with Crippen LogP contribution in [0.1, 0.15) is 24.0 Å². The molecule has 2 rings (SSSR count). The van der Waals surface area contributed by atoms with Crippen LogP contribution in [0.3, 0.4) is 0 Å². The van der Waals surface area contributed by atoms with Crippen molar-refractivity contribution in [3.8, 4) is 0 Å². The zero-order valence-electron chi connectivity index (χ0n) is 16.7. The molecule has 2 aromatic rings. The van der Waals surface area contributed by atoms with Crippen LogP contribution in [0.2, 0.25) is 0 Å². The van der Waals surface area contributed by atoms with Crippen molar-refractivity contribution in [2.75, 3.05) is 13.6 Å². The van der Waals surface area contributed by atoms with E-state index in [-0.39, 0.29) is 5.91 Å². The maximum Gasteiger partial charge on any atom is 0.405 e. The molecular formula is C23H28N2O3S. The van der Waals surface area contributed by atoms with Crippen molar-refractivity contribution in [3.63, 3.8) is 0 Å². The highest BCUT2D eigenvalue weighted by Crippen LogP contribution is 2.24. The van der Waals surface area contributed by atoms with E-state index in [0.29, 0.717) is 13.0 Å². The third kappa shape index (κ3) is 8.03. The fraction of sp³-hybridized carbons (Fsp3) is 0.304. The standard InChI is InChI=1S/C23H28N2O3S/c1-3-4-8-14-25(2)22(26)21(24-23(27)28)16-19-12-9-13-20(15-19)29-17-18-10-6-5-7-11-18/h3,5-7,9-13,15,21,24H,1,4,8,14,16-17H2,2H3,(H,27,28)/t21-/m0/s1. The van der Waals surface area contributed by atoms with Gasteiger partial charge in [-0.3, -0.25) is 4.79 Å². The lowest BCUT2D eigenvalue weighted by Crippen LogP contribution is -2.48. The number of hydrogen-bond acceptors (Lipinski definition) is 3. The number of thioether (sulfide) groups is 1. The predicted molar refractivity (Wildman–Crippen MR) is 118 cm³/mol. The van der Waals surface area contributed by atoms with E-state index in [0.717, 1.165) is 29.1 Å². The molecule has 0 saturated carbocycles. The zero-order chi connectivity index (χ0) is 21.1. The molecule has 0 fully saturated rings. The lowest BCUT2D eigenvalue weighted by molar-refractivity contribution is -0.132. The monoisotopic (exact) mass is 412 g/mol. The SMILES string of the molecule is C=CCCCN(C)C(=O)[C@H](Cc1cccc(SCc2ccccc2)c1)NC(=O)O. The molecule has 2 aromatic carbocycles. The van der Waals surface area contributed by atoms with E-state index in [2.05, 4.69) is 24.0 Å². The lowest BCUT2D eigenvalue weighted by Gasteiger charge is -2.24. The number of carbonyl (C=O) groups excluding carboxylic acids is 1. The van der Waals surface area contributed by atoms with Gasteiger partial charge in [-0.05, 0) is 36.1 Å². The highest BCUT2D eigenvalue weighted by Gasteiger charge is 2.24. The van der Waals surface area contributed by atoms with Crippen molar-refractivity contribution in [2.24, 2.45) is 0 Å². The first-order valence-electron chi connectivity index (χ1n) is 9.60.